The van der Waals surface area contributed by atoms with E-state index in [1.165, 1.54) is 12.1 Å². The maximum Gasteiger partial charge on any atom is 0.337 e. The Hall–Kier alpha value is -2.71. The molecule has 2 rings (SSSR count). The summed E-state index contributed by atoms with van der Waals surface area (Å²) in [6, 6.07) is 11.4. The molecule has 0 saturated carbocycles. The third-order valence-electron chi connectivity index (χ3n) is 2.60. The van der Waals surface area contributed by atoms with E-state index in [0.29, 0.717) is 11.3 Å². The van der Waals surface area contributed by atoms with Gasteiger partial charge in [-0.1, -0.05) is 17.7 Å². The highest BCUT2D eigenvalue weighted by molar-refractivity contribution is 6.34. The van der Waals surface area contributed by atoms with Gasteiger partial charge in [-0.05, 0) is 30.3 Å². The van der Waals surface area contributed by atoms with Gasteiger partial charge in [-0.25, -0.2) is 4.79 Å². The van der Waals surface area contributed by atoms with Crippen molar-refractivity contribution in [3.8, 4) is 6.07 Å². The van der Waals surface area contributed by atoms with E-state index in [9.17, 15) is 9.90 Å². The number of nitriles is 1. The number of carbonyl (C=O) groups is 1. The van der Waals surface area contributed by atoms with E-state index in [1.807, 2.05) is 6.07 Å². The molecule has 0 fully saturated rings. The minimum atomic E-state index is -1.14. The van der Waals surface area contributed by atoms with Gasteiger partial charge in [-0.2, -0.15) is 5.26 Å². The summed E-state index contributed by atoms with van der Waals surface area (Å²) in [6.45, 7) is 0. The van der Waals surface area contributed by atoms with Crippen LogP contribution in [0.1, 0.15) is 15.9 Å². The van der Waals surface area contributed by atoms with E-state index in [2.05, 4.69) is 5.32 Å². The summed E-state index contributed by atoms with van der Waals surface area (Å²) in [4.78, 5) is 11.2. The fourth-order valence-electron chi connectivity index (χ4n) is 1.73. The van der Waals surface area contributed by atoms with E-state index in [4.69, 9.17) is 22.6 Å². The first kappa shape index (κ1) is 13.7. The second-order valence-corrected chi connectivity index (χ2v) is 4.46. The van der Waals surface area contributed by atoms with Gasteiger partial charge in [-0.15, -0.1) is 0 Å². The number of hydrogen-bond donors (Lipinski definition) is 3. The lowest BCUT2D eigenvalue weighted by molar-refractivity contribution is 0.0698. The van der Waals surface area contributed by atoms with Crippen LogP contribution < -0.4 is 11.1 Å². The Morgan fingerprint density at radius 3 is 2.75 bits per heavy atom. The summed E-state index contributed by atoms with van der Waals surface area (Å²) >= 11 is 6.03. The fourth-order valence-corrected chi connectivity index (χ4v) is 2.01. The molecule has 0 atom stereocenters. The predicted molar refractivity (Wildman–Crippen MR) is 77.3 cm³/mol. The molecule has 0 radical (unpaired) electrons. The quantitative estimate of drug-likeness (QED) is 0.753. The van der Waals surface area contributed by atoms with E-state index < -0.39 is 5.97 Å². The highest BCUT2D eigenvalue weighted by atomic mass is 35.5. The molecule has 100 valence electrons. The monoisotopic (exact) mass is 287 g/mol. The first-order valence-electron chi connectivity index (χ1n) is 5.61. The Labute approximate surface area is 120 Å². The summed E-state index contributed by atoms with van der Waals surface area (Å²) in [5.41, 5.74) is 7.09. The van der Waals surface area contributed by atoms with Crippen LogP contribution >= 0.6 is 11.6 Å². The Morgan fingerprint density at radius 2 is 2.10 bits per heavy atom. The van der Waals surface area contributed by atoms with Crippen molar-refractivity contribution in [3.63, 3.8) is 0 Å². The lowest BCUT2D eigenvalue weighted by atomic mass is 10.1. The van der Waals surface area contributed by atoms with Crippen LogP contribution in [0.4, 0.5) is 17.1 Å². The zero-order chi connectivity index (χ0) is 14.7. The van der Waals surface area contributed by atoms with Crippen molar-refractivity contribution in [2.24, 2.45) is 0 Å². The van der Waals surface area contributed by atoms with Crippen molar-refractivity contribution in [1.29, 1.82) is 5.26 Å². The normalized spacial score (nSPS) is 9.80. The molecule has 0 heterocycles. The molecule has 0 aliphatic rings. The molecule has 0 aromatic heterocycles. The van der Waals surface area contributed by atoms with E-state index >= 15 is 0 Å². The van der Waals surface area contributed by atoms with E-state index in [0.717, 1.165) is 0 Å². The number of nitrogens with one attached hydrogen (secondary N) is 1. The lowest BCUT2D eigenvalue weighted by Gasteiger charge is -2.12. The maximum atomic E-state index is 11.2. The van der Waals surface area contributed by atoms with Crippen LogP contribution in [0.3, 0.4) is 0 Å². The summed E-state index contributed by atoms with van der Waals surface area (Å²) in [5.74, 6) is -1.14. The molecule has 0 aliphatic heterocycles. The lowest BCUT2D eigenvalue weighted by Crippen LogP contribution is -2.05. The van der Waals surface area contributed by atoms with Gasteiger partial charge in [0.05, 0.1) is 27.9 Å². The predicted octanol–water partition coefficient (Wildman–Crippen LogP) is 3.24. The summed E-state index contributed by atoms with van der Waals surface area (Å²) in [7, 11) is 0. The molecule has 0 aliphatic carbocycles. The van der Waals surface area contributed by atoms with Crippen LogP contribution in [0.2, 0.25) is 5.02 Å². The number of nitrogen functional groups attached to an aromatic ring is 1. The average molecular weight is 288 g/mol. The third kappa shape index (κ3) is 2.82. The van der Waals surface area contributed by atoms with Gasteiger partial charge in [0.15, 0.2) is 0 Å². The first-order valence-corrected chi connectivity index (χ1v) is 5.98. The molecule has 0 unspecified atom stereocenters. The number of nitrogens with two attached hydrogens (primary N) is 1. The summed E-state index contributed by atoms with van der Waals surface area (Å²) < 4.78 is 0. The third-order valence-corrected chi connectivity index (χ3v) is 2.90. The fraction of sp³-hybridized carbons (Fsp3) is 0. The van der Waals surface area contributed by atoms with Gasteiger partial charge in [0.1, 0.15) is 0 Å². The van der Waals surface area contributed by atoms with Crippen molar-refractivity contribution in [3.05, 3.63) is 52.5 Å². The topological polar surface area (TPSA) is 99.1 Å². The zero-order valence-corrected chi connectivity index (χ0v) is 11.0. The zero-order valence-electron chi connectivity index (χ0n) is 10.2. The second kappa shape index (κ2) is 5.51. The minimum Gasteiger partial charge on any atom is -0.478 e. The SMILES string of the molecule is N#Cc1cccc(Nc2c(Cl)cc(N)cc2C(=O)O)c1. The Bertz CT molecular complexity index is 723. The second-order valence-electron chi connectivity index (χ2n) is 4.05. The molecule has 5 nitrogen and oxygen atoms in total. The smallest absolute Gasteiger partial charge is 0.337 e. The number of carboxylic acid groups (broad SMARTS) is 1. The summed E-state index contributed by atoms with van der Waals surface area (Å²) in [6.07, 6.45) is 0. The molecule has 0 spiro atoms. The number of anilines is 3. The van der Waals surface area contributed by atoms with Gasteiger partial charge in [0.2, 0.25) is 0 Å². The molecule has 4 N–H and O–H groups in total. The number of nitrogens with zero attached hydrogens (tertiary/aromatic N) is 1. The van der Waals surface area contributed by atoms with Crippen LogP contribution in [0, 0.1) is 11.3 Å². The highest BCUT2D eigenvalue weighted by Crippen LogP contribution is 2.32. The number of hydrogen-bond acceptors (Lipinski definition) is 4. The van der Waals surface area contributed by atoms with E-state index in [1.54, 1.807) is 24.3 Å². The molecular weight excluding hydrogens is 278 g/mol. The van der Waals surface area contributed by atoms with Crippen LogP contribution in [-0.2, 0) is 0 Å². The van der Waals surface area contributed by atoms with Gasteiger partial charge in [0, 0.05) is 11.4 Å². The van der Waals surface area contributed by atoms with Gasteiger partial charge < -0.3 is 16.2 Å². The van der Waals surface area contributed by atoms with Crippen molar-refractivity contribution in [2.75, 3.05) is 11.1 Å². The first-order chi connectivity index (χ1) is 9.51. The van der Waals surface area contributed by atoms with Crippen LogP contribution in [0.5, 0.6) is 0 Å². The van der Waals surface area contributed by atoms with E-state index in [-0.39, 0.29) is 22.0 Å². The number of rotatable bonds is 3. The van der Waals surface area contributed by atoms with Crippen LogP contribution in [0.15, 0.2) is 36.4 Å². The van der Waals surface area contributed by atoms with Crippen LogP contribution in [0.25, 0.3) is 0 Å². The molecule has 6 heteroatoms. The van der Waals surface area contributed by atoms with Crippen molar-refractivity contribution >= 4 is 34.6 Å². The van der Waals surface area contributed by atoms with Gasteiger partial charge >= 0.3 is 5.97 Å². The Balaban J connectivity index is 2.48. The maximum absolute atomic E-state index is 11.2. The van der Waals surface area contributed by atoms with Crippen molar-refractivity contribution < 1.29 is 9.90 Å². The Morgan fingerprint density at radius 1 is 1.35 bits per heavy atom. The van der Waals surface area contributed by atoms with Crippen molar-refractivity contribution in [1.82, 2.24) is 0 Å². The molecule has 20 heavy (non-hydrogen) atoms. The molecular formula is C14H10ClN3O2. The number of benzene rings is 2. The average Bonchev–Trinajstić information content (AvgIpc) is 2.41. The highest BCUT2D eigenvalue weighted by Gasteiger charge is 2.15. The number of aromatic carboxylic acids is 1. The molecule has 0 saturated heterocycles. The molecule has 0 amide bonds. The van der Waals surface area contributed by atoms with Gasteiger partial charge in [0.25, 0.3) is 0 Å². The minimum absolute atomic E-state index is 0.0302. The summed E-state index contributed by atoms with van der Waals surface area (Å²) in [5, 5.41) is 21.1. The van der Waals surface area contributed by atoms with Gasteiger partial charge in [-0.3, -0.25) is 0 Å². The van der Waals surface area contributed by atoms with Crippen LogP contribution in [-0.4, -0.2) is 11.1 Å². The number of halogens is 1. The standard InChI is InChI=1S/C14H10ClN3O2/c15-12-6-9(17)5-11(14(19)20)13(12)18-10-3-1-2-8(4-10)7-16/h1-6,18H,17H2,(H,19,20). The molecule has 2 aromatic carbocycles. The largest absolute Gasteiger partial charge is 0.478 e. The van der Waals surface area contributed by atoms with Crippen molar-refractivity contribution in [2.45, 2.75) is 0 Å². The molecule has 2 aromatic rings. The number of carboxylic acids is 1. The Kier molecular flexibility index (Phi) is 3.78. The molecule has 0 bridgehead atoms.